The Kier molecular flexibility index (Phi) is 3.17. The molecule has 0 unspecified atom stereocenters. The number of H-pyrrole nitrogens is 1. The van der Waals surface area contributed by atoms with Gasteiger partial charge in [-0.25, -0.2) is 13.8 Å². The van der Waals surface area contributed by atoms with Gasteiger partial charge in [-0.2, -0.15) is 0 Å². The molecule has 1 N–H and O–H groups in total. The summed E-state index contributed by atoms with van der Waals surface area (Å²) in [5.74, 6) is -0.475. The molecule has 0 atom stereocenters. The number of hydrogen-bond acceptors (Lipinski definition) is 1. The first-order valence-electron chi connectivity index (χ1n) is 4.49. The van der Waals surface area contributed by atoms with Crippen LogP contribution in [-0.4, -0.2) is 9.97 Å². The number of nitrogens with zero attached hydrogens (tertiary/aromatic N) is 1. The average molecular weight is 198 g/mol. The molecule has 0 saturated heterocycles. The van der Waals surface area contributed by atoms with Gasteiger partial charge in [0.05, 0.1) is 0 Å². The van der Waals surface area contributed by atoms with Crippen LogP contribution in [0.3, 0.4) is 0 Å². The molecule has 0 bridgehead atoms. The fraction of sp³-hybridized carbons (Fsp3) is 0.300. The molecule has 0 aliphatic rings. The Labute approximate surface area is 81.0 Å². The van der Waals surface area contributed by atoms with Gasteiger partial charge in [0.15, 0.2) is 5.82 Å². The Balaban J connectivity index is 0.000000461. The maximum Gasteiger partial charge on any atom is 0.151 e. The van der Waals surface area contributed by atoms with Crippen LogP contribution in [0.1, 0.15) is 19.7 Å². The highest BCUT2D eigenvalue weighted by atomic mass is 19.1. The summed E-state index contributed by atoms with van der Waals surface area (Å²) in [4.78, 5) is 6.44. The Morgan fingerprint density at radius 1 is 1.14 bits per heavy atom. The van der Waals surface area contributed by atoms with Crippen LogP contribution in [-0.2, 0) is 0 Å². The summed E-state index contributed by atoms with van der Waals surface area (Å²) >= 11 is 0. The lowest BCUT2D eigenvalue weighted by atomic mass is 10.3. The van der Waals surface area contributed by atoms with Crippen molar-refractivity contribution >= 4 is 11.0 Å². The third-order valence-electron chi connectivity index (χ3n) is 1.66. The molecule has 0 fully saturated rings. The van der Waals surface area contributed by atoms with Crippen molar-refractivity contribution in [2.45, 2.75) is 20.8 Å². The molecule has 2 nitrogen and oxygen atoms in total. The zero-order valence-electron chi connectivity index (χ0n) is 8.36. The monoisotopic (exact) mass is 198 g/mol. The minimum Gasteiger partial charge on any atom is -0.340 e. The molecular weight excluding hydrogens is 186 g/mol. The highest BCUT2D eigenvalue weighted by Crippen LogP contribution is 2.17. The lowest BCUT2D eigenvalue weighted by Crippen LogP contribution is -1.81. The summed E-state index contributed by atoms with van der Waals surface area (Å²) in [5.41, 5.74) is 0.194. The number of benzene rings is 1. The normalized spacial score (nSPS) is 9.79. The van der Waals surface area contributed by atoms with Gasteiger partial charge in [0.2, 0.25) is 0 Å². The van der Waals surface area contributed by atoms with Gasteiger partial charge >= 0.3 is 0 Å². The van der Waals surface area contributed by atoms with Crippen LogP contribution < -0.4 is 0 Å². The van der Waals surface area contributed by atoms with Crippen molar-refractivity contribution in [1.29, 1.82) is 0 Å². The molecule has 1 aromatic carbocycles. The van der Waals surface area contributed by atoms with Crippen LogP contribution in [0.2, 0.25) is 0 Å². The van der Waals surface area contributed by atoms with Crippen LogP contribution in [0.5, 0.6) is 0 Å². The van der Waals surface area contributed by atoms with Crippen LogP contribution in [0.4, 0.5) is 8.78 Å². The first kappa shape index (κ1) is 10.6. The second kappa shape index (κ2) is 4.17. The first-order chi connectivity index (χ1) is 6.68. The molecule has 0 spiro atoms. The van der Waals surface area contributed by atoms with Crippen molar-refractivity contribution in [3.05, 3.63) is 29.6 Å². The van der Waals surface area contributed by atoms with Gasteiger partial charge in [-0.15, -0.1) is 0 Å². The smallest absolute Gasteiger partial charge is 0.151 e. The standard InChI is InChI=1S/C8H6F2N2.C2H6/c1-4-11-7-5(9)2-3-6(10)8(7)12-4;1-2/h2-3H,1H3,(H,11,12);1-2H3. The molecule has 0 aliphatic heterocycles. The number of aryl methyl sites for hydroxylation is 1. The summed E-state index contributed by atoms with van der Waals surface area (Å²) in [7, 11) is 0. The number of fused-ring (bicyclic) bond motifs is 1. The number of imidazole rings is 1. The van der Waals surface area contributed by atoms with Crippen LogP contribution in [0.15, 0.2) is 12.1 Å². The summed E-state index contributed by atoms with van der Waals surface area (Å²) < 4.78 is 25.9. The minimum absolute atomic E-state index is 0.0625. The van der Waals surface area contributed by atoms with Gasteiger partial charge in [-0.05, 0) is 19.1 Å². The minimum atomic E-state index is -0.504. The molecule has 2 aromatic rings. The summed E-state index contributed by atoms with van der Waals surface area (Å²) in [6.07, 6.45) is 0. The predicted molar refractivity (Wildman–Crippen MR) is 52.1 cm³/mol. The van der Waals surface area contributed by atoms with Gasteiger partial charge in [-0.1, -0.05) is 13.8 Å². The number of aromatic amines is 1. The van der Waals surface area contributed by atoms with Crippen molar-refractivity contribution < 1.29 is 8.78 Å². The molecule has 2 rings (SSSR count). The second-order valence-electron chi connectivity index (χ2n) is 2.58. The van der Waals surface area contributed by atoms with Gasteiger partial charge in [0, 0.05) is 0 Å². The van der Waals surface area contributed by atoms with E-state index in [0.29, 0.717) is 5.82 Å². The van der Waals surface area contributed by atoms with E-state index in [4.69, 9.17) is 0 Å². The summed E-state index contributed by atoms with van der Waals surface area (Å²) in [6, 6.07) is 2.15. The summed E-state index contributed by atoms with van der Waals surface area (Å²) in [6.45, 7) is 5.65. The maximum absolute atomic E-state index is 12.9. The third kappa shape index (κ3) is 1.73. The molecule has 4 heteroatoms. The Bertz CT molecular complexity index is 396. The second-order valence-corrected chi connectivity index (χ2v) is 2.58. The number of hydrogen-bond donors (Lipinski definition) is 1. The molecule has 0 saturated carbocycles. The fourth-order valence-corrected chi connectivity index (χ4v) is 1.15. The van der Waals surface area contributed by atoms with E-state index in [1.807, 2.05) is 13.8 Å². The van der Waals surface area contributed by atoms with Crippen molar-refractivity contribution in [2.24, 2.45) is 0 Å². The van der Waals surface area contributed by atoms with Gasteiger partial charge in [0.25, 0.3) is 0 Å². The maximum atomic E-state index is 12.9. The van der Waals surface area contributed by atoms with E-state index in [0.717, 1.165) is 12.1 Å². The fourth-order valence-electron chi connectivity index (χ4n) is 1.15. The number of halogens is 2. The molecule has 76 valence electrons. The summed E-state index contributed by atoms with van der Waals surface area (Å²) in [5, 5.41) is 0. The van der Waals surface area contributed by atoms with Gasteiger partial charge in [-0.3, -0.25) is 0 Å². The van der Waals surface area contributed by atoms with E-state index in [1.165, 1.54) is 0 Å². The molecule has 0 amide bonds. The highest BCUT2D eigenvalue weighted by molar-refractivity contribution is 5.76. The first-order valence-corrected chi connectivity index (χ1v) is 4.49. The molecule has 1 aromatic heterocycles. The predicted octanol–water partition coefficient (Wildman–Crippen LogP) is 3.18. The van der Waals surface area contributed by atoms with E-state index < -0.39 is 11.6 Å². The quantitative estimate of drug-likeness (QED) is 0.692. The van der Waals surface area contributed by atoms with E-state index >= 15 is 0 Å². The van der Waals surface area contributed by atoms with E-state index in [2.05, 4.69) is 9.97 Å². The number of rotatable bonds is 0. The lowest BCUT2D eigenvalue weighted by molar-refractivity contribution is 0.615. The Hall–Kier alpha value is -1.45. The van der Waals surface area contributed by atoms with E-state index in [-0.39, 0.29) is 11.0 Å². The van der Waals surface area contributed by atoms with Crippen molar-refractivity contribution in [2.75, 3.05) is 0 Å². The molecule has 14 heavy (non-hydrogen) atoms. The number of aromatic nitrogens is 2. The van der Waals surface area contributed by atoms with Crippen LogP contribution >= 0.6 is 0 Å². The average Bonchev–Trinajstić information content (AvgIpc) is 2.58. The highest BCUT2D eigenvalue weighted by Gasteiger charge is 2.08. The molecule has 1 heterocycles. The zero-order valence-corrected chi connectivity index (χ0v) is 8.36. The van der Waals surface area contributed by atoms with Crippen LogP contribution in [0.25, 0.3) is 11.0 Å². The lowest BCUT2D eigenvalue weighted by Gasteiger charge is -1.90. The SMILES string of the molecule is CC.Cc1nc2c(F)ccc(F)c2[nH]1. The van der Waals surface area contributed by atoms with Crippen molar-refractivity contribution in [3.63, 3.8) is 0 Å². The van der Waals surface area contributed by atoms with Gasteiger partial charge in [0.1, 0.15) is 22.7 Å². The van der Waals surface area contributed by atoms with E-state index in [1.54, 1.807) is 6.92 Å². The Morgan fingerprint density at radius 3 is 2.29 bits per heavy atom. The zero-order chi connectivity index (χ0) is 10.7. The Morgan fingerprint density at radius 2 is 1.71 bits per heavy atom. The van der Waals surface area contributed by atoms with Gasteiger partial charge < -0.3 is 4.98 Å². The topological polar surface area (TPSA) is 28.7 Å². The van der Waals surface area contributed by atoms with Crippen molar-refractivity contribution in [3.8, 4) is 0 Å². The number of nitrogens with one attached hydrogen (secondary N) is 1. The molecular formula is C10H12F2N2. The van der Waals surface area contributed by atoms with Crippen molar-refractivity contribution in [1.82, 2.24) is 9.97 Å². The van der Waals surface area contributed by atoms with E-state index in [9.17, 15) is 8.78 Å². The van der Waals surface area contributed by atoms with Crippen LogP contribution in [0, 0.1) is 18.6 Å². The molecule has 0 aliphatic carbocycles. The molecule has 0 radical (unpaired) electrons. The third-order valence-corrected chi connectivity index (χ3v) is 1.66. The largest absolute Gasteiger partial charge is 0.340 e.